The van der Waals surface area contributed by atoms with E-state index in [4.69, 9.17) is 4.74 Å². The molecular formula is C12H17FN2O. The molecule has 0 spiro atoms. The Morgan fingerprint density at radius 2 is 2.31 bits per heavy atom. The topological polar surface area (TPSA) is 25.4 Å². The monoisotopic (exact) mass is 224 g/mol. The van der Waals surface area contributed by atoms with Crippen LogP contribution in [-0.4, -0.2) is 42.8 Å². The highest BCUT2D eigenvalue weighted by molar-refractivity contribution is 5.28. The molecular weight excluding hydrogens is 207 g/mol. The fourth-order valence-electron chi connectivity index (χ4n) is 1.90. The number of nitrogens with zero attached hydrogens (tertiary/aromatic N) is 2. The van der Waals surface area contributed by atoms with E-state index in [9.17, 15) is 4.39 Å². The van der Waals surface area contributed by atoms with Crippen LogP contribution in [0.2, 0.25) is 0 Å². The fraction of sp³-hybridized carbons (Fsp3) is 0.583. The highest BCUT2D eigenvalue weighted by Crippen LogP contribution is 2.16. The molecule has 0 amide bonds. The molecule has 1 aromatic heterocycles. The Labute approximate surface area is 95.2 Å². The van der Waals surface area contributed by atoms with Gasteiger partial charge in [0.05, 0.1) is 7.11 Å². The lowest BCUT2D eigenvalue weighted by Crippen LogP contribution is -2.48. The zero-order valence-electron chi connectivity index (χ0n) is 9.74. The van der Waals surface area contributed by atoms with Crippen LogP contribution in [0, 0.1) is 6.92 Å². The van der Waals surface area contributed by atoms with Crippen molar-refractivity contribution in [2.24, 2.45) is 0 Å². The Morgan fingerprint density at radius 3 is 2.88 bits per heavy atom. The van der Waals surface area contributed by atoms with Crippen LogP contribution >= 0.6 is 0 Å². The average molecular weight is 224 g/mol. The van der Waals surface area contributed by atoms with Crippen LogP contribution in [-0.2, 0) is 6.42 Å². The van der Waals surface area contributed by atoms with E-state index in [0.717, 1.165) is 13.0 Å². The highest BCUT2D eigenvalue weighted by Gasteiger charge is 2.25. The molecule has 0 atom stereocenters. The summed E-state index contributed by atoms with van der Waals surface area (Å²) >= 11 is 0. The minimum absolute atomic E-state index is 0.586. The molecule has 1 aliphatic heterocycles. The molecule has 3 nitrogen and oxygen atoms in total. The van der Waals surface area contributed by atoms with Crippen LogP contribution in [0.3, 0.4) is 0 Å². The first-order chi connectivity index (χ1) is 7.69. The standard InChI is InChI=1S/C12H17FN2O/c1-9-5-12(16-2)14-6-10(9)3-4-15-7-11(13)8-15/h5-6,11H,3-4,7-8H2,1-2H3. The van der Waals surface area contributed by atoms with Gasteiger partial charge in [-0.2, -0.15) is 0 Å². The molecule has 0 aliphatic carbocycles. The lowest BCUT2D eigenvalue weighted by Gasteiger charge is -2.34. The van der Waals surface area contributed by atoms with E-state index in [1.165, 1.54) is 11.1 Å². The Kier molecular flexibility index (Phi) is 3.39. The van der Waals surface area contributed by atoms with Crippen molar-refractivity contribution in [1.82, 2.24) is 9.88 Å². The van der Waals surface area contributed by atoms with E-state index in [0.29, 0.717) is 19.0 Å². The fourth-order valence-corrected chi connectivity index (χ4v) is 1.90. The number of pyridine rings is 1. The summed E-state index contributed by atoms with van der Waals surface area (Å²) in [5, 5.41) is 0. The van der Waals surface area contributed by atoms with E-state index in [2.05, 4.69) is 9.88 Å². The molecule has 1 aliphatic rings. The Balaban J connectivity index is 1.89. The molecule has 0 bridgehead atoms. The first-order valence-corrected chi connectivity index (χ1v) is 5.55. The average Bonchev–Trinajstić information content (AvgIpc) is 2.24. The van der Waals surface area contributed by atoms with Crippen molar-refractivity contribution in [2.45, 2.75) is 19.5 Å². The summed E-state index contributed by atoms with van der Waals surface area (Å²) in [6, 6.07) is 1.93. The van der Waals surface area contributed by atoms with Crippen LogP contribution in [0.1, 0.15) is 11.1 Å². The first kappa shape index (κ1) is 11.3. The summed E-state index contributed by atoms with van der Waals surface area (Å²) in [5.41, 5.74) is 2.40. The molecule has 1 fully saturated rings. The number of alkyl halides is 1. The number of aromatic nitrogens is 1. The molecule has 0 unspecified atom stereocenters. The van der Waals surface area contributed by atoms with Gasteiger partial charge in [0.1, 0.15) is 6.17 Å². The molecule has 0 aromatic carbocycles. The maximum Gasteiger partial charge on any atom is 0.213 e. The van der Waals surface area contributed by atoms with E-state index in [1.54, 1.807) is 7.11 Å². The number of hydrogen-bond donors (Lipinski definition) is 0. The molecule has 1 aromatic rings. The molecule has 0 radical (unpaired) electrons. The lowest BCUT2D eigenvalue weighted by atomic mass is 10.1. The Morgan fingerprint density at radius 1 is 1.56 bits per heavy atom. The minimum atomic E-state index is -0.616. The number of ether oxygens (including phenoxy) is 1. The smallest absolute Gasteiger partial charge is 0.213 e. The summed E-state index contributed by atoms with van der Waals surface area (Å²) in [7, 11) is 1.61. The van der Waals surface area contributed by atoms with Gasteiger partial charge in [-0.25, -0.2) is 9.37 Å². The summed E-state index contributed by atoms with van der Waals surface area (Å²) in [6.07, 6.45) is 2.16. The third-order valence-electron chi connectivity index (χ3n) is 3.01. The molecule has 0 saturated carbocycles. The van der Waals surface area contributed by atoms with Crippen LogP contribution in [0.15, 0.2) is 12.3 Å². The van der Waals surface area contributed by atoms with Crippen LogP contribution in [0.4, 0.5) is 4.39 Å². The second-order valence-corrected chi connectivity index (χ2v) is 4.26. The van der Waals surface area contributed by atoms with Crippen molar-refractivity contribution in [3.8, 4) is 5.88 Å². The lowest BCUT2D eigenvalue weighted by molar-refractivity contribution is 0.0670. The van der Waals surface area contributed by atoms with Crippen molar-refractivity contribution in [2.75, 3.05) is 26.7 Å². The zero-order chi connectivity index (χ0) is 11.5. The Hall–Kier alpha value is -1.16. The molecule has 4 heteroatoms. The van der Waals surface area contributed by atoms with E-state index in [1.807, 2.05) is 19.2 Å². The predicted octanol–water partition coefficient (Wildman–Crippen LogP) is 1.59. The number of rotatable bonds is 4. The number of aryl methyl sites for hydroxylation is 1. The molecule has 2 rings (SSSR count). The van der Waals surface area contributed by atoms with Crippen LogP contribution in [0.25, 0.3) is 0 Å². The molecule has 2 heterocycles. The third-order valence-corrected chi connectivity index (χ3v) is 3.01. The maximum absolute atomic E-state index is 12.6. The summed E-state index contributed by atoms with van der Waals surface area (Å²) in [4.78, 5) is 6.30. The van der Waals surface area contributed by atoms with Gasteiger partial charge in [-0.3, -0.25) is 4.90 Å². The molecule has 88 valence electrons. The highest BCUT2D eigenvalue weighted by atomic mass is 19.1. The van der Waals surface area contributed by atoms with Gasteiger partial charge >= 0.3 is 0 Å². The van der Waals surface area contributed by atoms with Crippen LogP contribution in [0.5, 0.6) is 5.88 Å². The second-order valence-electron chi connectivity index (χ2n) is 4.26. The quantitative estimate of drug-likeness (QED) is 0.776. The zero-order valence-corrected chi connectivity index (χ0v) is 9.74. The van der Waals surface area contributed by atoms with Crippen molar-refractivity contribution in [3.05, 3.63) is 23.4 Å². The summed E-state index contributed by atoms with van der Waals surface area (Å²) in [6.45, 7) is 4.13. The minimum Gasteiger partial charge on any atom is -0.481 e. The molecule has 1 saturated heterocycles. The van der Waals surface area contributed by atoms with Gasteiger partial charge in [0, 0.05) is 31.9 Å². The summed E-state index contributed by atoms with van der Waals surface area (Å²) < 4.78 is 17.7. The Bertz CT molecular complexity index is 364. The molecule has 16 heavy (non-hydrogen) atoms. The van der Waals surface area contributed by atoms with Crippen molar-refractivity contribution >= 4 is 0 Å². The van der Waals surface area contributed by atoms with Crippen molar-refractivity contribution in [1.29, 1.82) is 0 Å². The predicted molar refractivity (Wildman–Crippen MR) is 60.6 cm³/mol. The van der Waals surface area contributed by atoms with Crippen molar-refractivity contribution < 1.29 is 9.13 Å². The van der Waals surface area contributed by atoms with E-state index >= 15 is 0 Å². The van der Waals surface area contributed by atoms with Gasteiger partial charge in [-0.05, 0) is 24.5 Å². The van der Waals surface area contributed by atoms with Crippen molar-refractivity contribution in [3.63, 3.8) is 0 Å². The van der Waals surface area contributed by atoms with Crippen LogP contribution < -0.4 is 4.74 Å². The van der Waals surface area contributed by atoms with E-state index in [-0.39, 0.29) is 0 Å². The van der Waals surface area contributed by atoms with Gasteiger partial charge in [-0.1, -0.05) is 0 Å². The molecule has 0 N–H and O–H groups in total. The SMILES string of the molecule is COc1cc(C)c(CCN2CC(F)C2)cn1. The summed E-state index contributed by atoms with van der Waals surface area (Å²) in [5.74, 6) is 0.647. The van der Waals surface area contributed by atoms with E-state index < -0.39 is 6.17 Å². The number of methoxy groups -OCH3 is 1. The normalized spacial score (nSPS) is 17.2. The second kappa shape index (κ2) is 4.78. The third kappa shape index (κ3) is 2.50. The largest absolute Gasteiger partial charge is 0.481 e. The first-order valence-electron chi connectivity index (χ1n) is 5.55. The van der Waals surface area contributed by atoms with Gasteiger partial charge in [0.15, 0.2) is 0 Å². The van der Waals surface area contributed by atoms with Gasteiger partial charge in [-0.15, -0.1) is 0 Å². The van der Waals surface area contributed by atoms with Gasteiger partial charge in [0.25, 0.3) is 0 Å². The number of halogens is 1. The number of likely N-dealkylation sites (tertiary alicyclic amines) is 1. The van der Waals surface area contributed by atoms with Gasteiger partial charge in [0.2, 0.25) is 5.88 Å². The van der Waals surface area contributed by atoms with Gasteiger partial charge < -0.3 is 4.74 Å². The maximum atomic E-state index is 12.6. The number of hydrogen-bond acceptors (Lipinski definition) is 3.